The van der Waals surface area contributed by atoms with Crippen LogP contribution in [0.15, 0.2) is 6.07 Å². The third kappa shape index (κ3) is 2.71. The molecule has 1 aromatic rings. The molecule has 0 aliphatic rings. The summed E-state index contributed by atoms with van der Waals surface area (Å²) in [7, 11) is 1.87. The molecule has 0 aliphatic heterocycles. The van der Waals surface area contributed by atoms with Crippen LogP contribution in [0.4, 0.5) is 11.8 Å². The Balaban J connectivity index is 2.87. The van der Waals surface area contributed by atoms with Crippen molar-refractivity contribution >= 4 is 23.4 Å². The SMILES string of the molecule is CN(CCN)c1cc(Cl)nc(N)n1. The summed E-state index contributed by atoms with van der Waals surface area (Å²) in [5.41, 5.74) is 10.8. The number of anilines is 2. The molecular weight excluding hydrogens is 190 g/mol. The second kappa shape index (κ2) is 4.25. The van der Waals surface area contributed by atoms with E-state index in [4.69, 9.17) is 23.1 Å². The second-order valence-electron chi connectivity index (χ2n) is 2.62. The normalized spacial score (nSPS) is 10.1. The number of hydrogen-bond acceptors (Lipinski definition) is 5. The zero-order valence-electron chi connectivity index (χ0n) is 7.37. The van der Waals surface area contributed by atoms with Gasteiger partial charge in [-0.2, -0.15) is 4.98 Å². The van der Waals surface area contributed by atoms with Gasteiger partial charge in [0.1, 0.15) is 11.0 Å². The van der Waals surface area contributed by atoms with E-state index in [1.165, 1.54) is 0 Å². The topological polar surface area (TPSA) is 81.1 Å². The summed E-state index contributed by atoms with van der Waals surface area (Å²) < 4.78 is 0. The molecule has 1 aromatic heterocycles. The quantitative estimate of drug-likeness (QED) is 0.679. The van der Waals surface area contributed by atoms with Gasteiger partial charge in [-0.05, 0) is 0 Å². The molecule has 13 heavy (non-hydrogen) atoms. The van der Waals surface area contributed by atoms with Gasteiger partial charge in [0.15, 0.2) is 0 Å². The van der Waals surface area contributed by atoms with Crippen LogP contribution in [0.2, 0.25) is 5.15 Å². The fourth-order valence-corrected chi connectivity index (χ4v) is 1.11. The van der Waals surface area contributed by atoms with Gasteiger partial charge in [-0.15, -0.1) is 0 Å². The number of likely N-dealkylation sites (N-methyl/N-ethyl adjacent to an activating group) is 1. The lowest BCUT2D eigenvalue weighted by Gasteiger charge is -2.16. The van der Waals surface area contributed by atoms with Gasteiger partial charge in [0.05, 0.1) is 0 Å². The monoisotopic (exact) mass is 201 g/mol. The van der Waals surface area contributed by atoms with Gasteiger partial charge in [-0.3, -0.25) is 0 Å². The molecule has 0 aromatic carbocycles. The summed E-state index contributed by atoms with van der Waals surface area (Å²) >= 11 is 5.71. The number of aromatic nitrogens is 2. The predicted octanol–water partition coefficient (Wildman–Crippen LogP) is 0.107. The molecule has 0 amide bonds. The van der Waals surface area contributed by atoms with Gasteiger partial charge >= 0.3 is 0 Å². The molecule has 0 fully saturated rings. The highest BCUT2D eigenvalue weighted by Crippen LogP contribution is 2.14. The van der Waals surface area contributed by atoms with Crippen LogP contribution >= 0.6 is 11.6 Å². The molecule has 0 saturated heterocycles. The minimum Gasteiger partial charge on any atom is -0.368 e. The lowest BCUT2D eigenvalue weighted by molar-refractivity contribution is 0.866. The Labute approximate surface area is 81.7 Å². The highest BCUT2D eigenvalue weighted by molar-refractivity contribution is 6.29. The fraction of sp³-hybridized carbons (Fsp3) is 0.429. The number of hydrogen-bond donors (Lipinski definition) is 2. The third-order valence-corrected chi connectivity index (χ3v) is 1.75. The van der Waals surface area contributed by atoms with Gasteiger partial charge in [-0.25, -0.2) is 4.98 Å². The molecule has 0 atom stereocenters. The van der Waals surface area contributed by atoms with E-state index in [0.717, 1.165) is 0 Å². The summed E-state index contributed by atoms with van der Waals surface area (Å²) in [6.45, 7) is 1.25. The first-order valence-electron chi connectivity index (χ1n) is 3.84. The Bertz CT molecular complexity index is 270. The number of nitrogens with two attached hydrogens (primary N) is 2. The van der Waals surface area contributed by atoms with Crippen LogP contribution in [-0.2, 0) is 0 Å². The summed E-state index contributed by atoms with van der Waals surface area (Å²) in [6, 6.07) is 1.65. The average molecular weight is 202 g/mol. The molecule has 0 unspecified atom stereocenters. The van der Waals surface area contributed by atoms with Crippen molar-refractivity contribution in [2.45, 2.75) is 0 Å². The fourth-order valence-electron chi connectivity index (χ4n) is 0.927. The van der Waals surface area contributed by atoms with Crippen molar-refractivity contribution in [3.05, 3.63) is 11.2 Å². The summed E-state index contributed by atoms with van der Waals surface area (Å²) in [5.74, 6) is 0.856. The first-order valence-corrected chi connectivity index (χ1v) is 4.22. The van der Waals surface area contributed by atoms with Gasteiger partial charge in [-0.1, -0.05) is 11.6 Å². The zero-order chi connectivity index (χ0) is 9.84. The van der Waals surface area contributed by atoms with Crippen molar-refractivity contribution < 1.29 is 0 Å². The average Bonchev–Trinajstić information content (AvgIpc) is 2.03. The van der Waals surface area contributed by atoms with Gasteiger partial charge < -0.3 is 16.4 Å². The van der Waals surface area contributed by atoms with Crippen molar-refractivity contribution in [1.29, 1.82) is 0 Å². The van der Waals surface area contributed by atoms with Crippen molar-refractivity contribution in [3.63, 3.8) is 0 Å². The number of rotatable bonds is 3. The van der Waals surface area contributed by atoms with Gasteiger partial charge in [0.2, 0.25) is 5.95 Å². The lowest BCUT2D eigenvalue weighted by atomic mass is 10.5. The van der Waals surface area contributed by atoms with E-state index < -0.39 is 0 Å². The minimum atomic E-state index is 0.173. The Morgan fingerprint density at radius 1 is 1.54 bits per heavy atom. The van der Waals surface area contributed by atoms with Crippen molar-refractivity contribution in [2.24, 2.45) is 5.73 Å². The van der Waals surface area contributed by atoms with E-state index in [9.17, 15) is 0 Å². The summed E-state index contributed by atoms with van der Waals surface area (Å²) in [4.78, 5) is 9.62. The van der Waals surface area contributed by atoms with E-state index >= 15 is 0 Å². The van der Waals surface area contributed by atoms with E-state index in [0.29, 0.717) is 24.1 Å². The molecule has 72 valence electrons. The van der Waals surface area contributed by atoms with Crippen LogP contribution in [0.3, 0.4) is 0 Å². The van der Waals surface area contributed by atoms with Crippen LogP contribution < -0.4 is 16.4 Å². The molecule has 4 N–H and O–H groups in total. The maximum atomic E-state index is 5.71. The molecule has 0 saturated carbocycles. The van der Waals surface area contributed by atoms with Crippen LogP contribution in [-0.4, -0.2) is 30.1 Å². The third-order valence-electron chi connectivity index (χ3n) is 1.55. The van der Waals surface area contributed by atoms with Crippen LogP contribution in [0.25, 0.3) is 0 Å². The molecule has 1 rings (SSSR count). The first kappa shape index (κ1) is 10.0. The van der Waals surface area contributed by atoms with Crippen molar-refractivity contribution in [1.82, 2.24) is 9.97 Å². The van der Waals surface area contributed by atoms with E-state index in [1.54, 1.807) is 6.07 Å². The Morgan fingerprint density at radius 3 is 2.77 bits per heavy atom. The smallest absolute Gasteiger partial charge is 0.223 e. The number of nitrogen functional groups attached to an aromatic ring is 1. The molecule has 0 spiro atoms. The molecule has 0 radical (unpaired) electrons. The molecule has 5 nitrogen and oxygen atoms in total. The van der Waals surface area contributed by atoms with Gasteiger partial charge in [0.25, 0.3) is 0 Å². The maximum Gasteiger partial charge on any atom is 0.223 e. The Hall–Kier alpha value is -1.07. The molecule has 0 bridgehead atoms. The highest BCUT2D eigenvalue weighted by atomic mass is 35.5. The van der Waals surface area contributed by atoms with E-state index in [2.05, 4.69) is 9.97 Å². The predicted molar refractivity (Wildman–Crippen MR) is 53.8 cm³/mol. The molecule has 6 heteroatoms. The van der Waals surface area contributed by atoms with E-state index in [1.807, 2.05) is 11.9 Å². The Kier molecular flexibility index (Phi) is 3.27. The zero-order valence-corrected chi connectivity index (χ0v) is 8.12. The second-order valence-corrected chi connectivity index (χ2v) is 3.00. The first-order chi connectivity index (χ1) is 6.13. The van der Waals surface area contributed by atoms with E-state index in [-0.39, 0.29) is 5.95 Å². The minimum absolute atomic E-state index is 0.173. The van der Waals surface area contributed by atoms with Crippen LogP contribution in [0.5, 0.6) is 0 Å². The summed E-state index contributed by atoms with van der Waals surface area (Å²) in [5, 5.41) is 0.339. The molecular formula is C7H12ClN5. The van der Waals surface area contributed by atoms with Crippen molar-refractivity contribution in [2.75, 3.05) is 30.8 Å². The Morgan fingerprint density at radius 2 is 2.23 bits per heavy atom. The van der Waals surface area contributed by atoms with Crippen LogP contribution in [0, 0.1) is 0 Å². The van der Waals surface area contributed by atoms with Crippen molar-refractivity contribution in [3.8, 4) is 0 Å². The summed E-state index contributed by atoms with van der Waals surface area (Å²) in [6.07, 6.45) is 0. The maximum absolute atomic E-state index is 5.71. The lowest BCUT2D eigenvalue weighted by Crippen LogP contribution is -2.26. The largest absolute Gasteiger partial charge is 0.368 e. The standard InChI is InChI=1S/C7H12ClN5/c1-13(3-2-9)6-4-5(8)11-7(10)12-6/h4H,2-3,9H2,1H3,(H2,10,11,12). The van der Waals surface area contributed by atoms with Gasteiger partial charge in [0, 0.05) is 26.2 Å². The molecule has 1 heterocycles. The highest BCUT2D eigenvalue weighted by Gasteiger charge is 2.04. The number of halogens is 1. The van der Waals surface area contributed by atoms with Crippen LogP contribution in [0.1, 0.15) is 0 Å². The molecule has 0 aliphatic carbocycles. The number of nitrogens with zero attached hydrogens (tertiary/aromatic N) is 3.